The average Bonchev–Trinajstić information content (AvgIpc) is 2.59. The van der Waals surface area contributed by atoms with Crippen LogP contribution in [0.15, 0.2) is 0 Å². The lowest BCUT2D eigenvalue weighted by Crippen LogP contribution is -2.41. The molecule has 0 amide bonds. The first kappa shape index (κ1) is 12.8. The zero-order chi connectivity index (χ0) is 11.4. The van der Waals surface area contributed by atoms with E-state index in [1.54, 1.807) is 0 Å². The number of rotatable bonds is 3. The molecule has 1 spiro atoms. The largest absolute Gasteiger partial charge is 0.299 e. The van der Waals surface area contributed by atoms with Gasteiger partial charge in [0.1, 0.15) is 0 Å². The minimum atomic E-state index is 0.475. The van der Waals surface area contributed by atoms with E-state index in [-0.39, 0.29) is 0 Å². The van der Waals surface area contributed by atoms with Crippen molar-refractivity contribution in [1.29, 1.82) is 0 Å². The molecule has 0 aromatic heterocycles. The van der Waals surface area contributed by atoms with Crippen LogP contribution in [0.5, 0.6) is 0 Å². The molecule has 2 rings (SSSR count). The Morgan fingerprint density at radius 3 is 2.81 bits per heavy atom. The molecule has 3 unspecified atom stereocenters. The van der Waals surface area contributed by atoms with Crippen LogP contribution in [0.1, 0.15) is 65.2 Å². The van der Waals surface area contributed by atoms with Gasteiger partial charge >= 0.3 is 0 Å². The molecule has 1 aliphatic carbocycles. The summed E-state index contributed by atoms with van der Waals surface area (Å²) in [4.78, 5) is 0.475. The number of hydrogen-bond donors (Lipinski definition) is 1. The molecule has 1 heterocycles. The summed E-state index contributed by atoms with van der Waals surface area (Å²) >= 11 is 2.22. The third-order valence-corrected chi connectivity index (χ3v) is 6.01. The maximum Gasteiger partial charge on any atom is 0.0648 e. The molecule has 1 saturated carbocycles. The van der Waals surface area contributed by atoms with Crippen molar-refractivity contribution in [2.45, 2.75) is 76.1 Å². The molecule has 1 saturated heterocycles. The Labute approximate surface area is 105 Å². The van der Waals surface area contributed by atoms with Gasteiger partial charge in [-0.3, -0.25) is 5.32 Å². The summed E-state index contributed by atoms with van der Waals surface area (Å²) in [5.74, 6) is 2.36. The van der Waals surface area contributed by atoms with E-state index in [0.29, 0.717) is 4.87 Å². The van der Waals surface area contributed by atoms with Gasteiger partial charge in [-0.1, -0.05) is 39.5 Å². The van der Waals surface area contributed by atoms with Crippen LogP contribution in [0.25, 0.3) is 0 Å². The van der Waals surface area contributed by atoms with Gasteiger partial charge in [0.15, 0.2) is 0 Å². The van der Waals surface area contributed by atoms with Crippen molar-refractivity contribution in [2.24, 2.45) is 5.92 Å². The fourth-order valence-corrected chi connectivity index (χ4v) is 4.94. The molecule has 2 aliphatic rings. The van der Waals surface area contributed by atoms with Gasteiger partial charge in [-0.2, -0.15) is 0 Å². The smallest absolute Gasteiger partial charge is 0.0648 e. The first-order valence-corrected chi connectivity index (χ1v) is 8.18. The van der Waals surface area contributed by atoms with E-state index in [9.17, 15) is 0 Å². The standard InChI is InChI=1S/C14H27NS/c1-3-6-12-7-5-9-14(10-8-12)15-13(4-2)11-16-14/h12-13,15H,3-11H2,1-2H3. The molecule has 1 N–H and O–H groups in total. The molecular weight excluding hydrogens is 214 g/mol. The molecule has 16 heavy (non-hydrogen) atoms. The summed E-state index contributed by atoms with van der Waals surface area (Å²) in [7, 11) is 0. The Balaban J connectivity index is 1.88. The second-order valence-corrected chi connectivity index (χ2v) is 7.04. The summed E-state index contributed by atoms with van der Waals surface area (Å²) < 4.78 is 0. The van der Waals surface area contributed by atoms with Gasteiger partial charge in [0.05, 0.1) is 4.87 Å². The zero-order valence-corrected chi connectivity index (χ0v) is 11.7. The Morgan fingerprint density at radius 2 is 2.12 bits per heavy atom. The molecule has 2 fully saturated rings. The van der Waals surface area contributed by atoms with Crippen LogP contribution < -0.4 is 5.32 Å². The van der Waals surface area contributed by atoms with Crippen molar-refractivity contribution in [1.82, 2.24) is 5.32 Å². The molecule has 2 heteroatoms. The van der Waals surface area contributed by atoms with E-state index in [1.165, 1.54) is 57.1 Å². The van der Waals surface area contributed by atoms with E-state index in [1.807, 2.05) is 0 Å². The Hall–Kier alpha value is 0.310. The van der Waals surface area contributed by atoms with Gasteiger partial charge in [-0.25, -0.2) is 0 Å². The minimum Gasteiger partial charge on any atom is -0.299 e. The molecule has 1 aliphatic heterocycles. The first-order chi connectivity index (χ1) is 7.78. The minimum absolute atomic E-state index is 0.475. The summed E-state index contributed by atoms with van der Waals surface area (Å²) in [6.45, 7) is 4.64. The molecule has 0 aromatic rings. The fraction of sp³-hybridized carbons (Fsp3) is 1.00. The Morgan fingerprint density at radius 1 is 1.25 bits per heavy atom. The molecule has 0 radical (unpaired) electrons. The number of hydrogen-bond acceptors (Lipinski definition) is 2. The lowest BCUT2D eigenvalue weighted by atomic mass is 9.95. The Bertz CT molecular complexity index is 219. The highest BCUT2D eigenvalue weighted by atomic mass is 32.2. The normalized spacial score (nSPS) is 40.1. The van der Waals surface area contributed by atoms with Gasteiger partial charge < -0.3 is 0 Å². The van der Waals surface area contributed by atoms with Crippen LogP contribution in [0, 0.1) is 5.92 Å². The monoisotopic (exact) mass is 241 g/mol. The van der Waals surface area contributed by atoms with Gasteiger partial charge in [0.25, 0.3) is 0 Å². The zero-order valence-electron chi connectivity index (χ0n) is 10.9. The predicted octanol–water partition coefficient (Wildman–Crippen LogP) is 4.18. The van der Waals surface area contributed by atoms with Crippen LogP contribution in [0.4, 0.5) is 0 Å². The van der Waals surface area contributed by atoms with E-state index < -0.39 is 0 Å². The lowest BCUT2D eigenvalue weighted by molar-refractivity contribution is 0.377. The lowest BCUT2D eigenvalue weighted by Gasteiger charge is -2.28. The van der Waals surface area contributed by atoms with E-state index in [4.69, 9.17) is 0 Å². The number of thioether (sulfide) groups is 1. The third-order valence-electron chi connectivity index (χ3n) is 4.37. The first-order valence-electron chi connectivity index (χ1n) is 7.19. The average molecular weight is 241 g/mol. The summed E-state index contributed by atoms with van der Waals surface area (Å²) in [5, 5.41) is 3.92. The van der Waals surface area contributed by atoms with Crippen LogP contribution in [-0.2, 0) is 0 Å². The van der Waals surface area contributed by atoms with Crippen molar-refractivity contribution in [3.8, 4) is 0 Å². The van der Waals surface area contributed by atoms with Crippen molar-refractivity contribution in [3.05, 3.63) is 0 Å². The van der Waals surface area contributed by atoms with Crippen LogP contribution in [0.3, 0.4) is 0 Å². The highest BCUT2D eigenvalue weighted by molar-refractivity contribution is 8.00. The van der Waals surface area contributed by atoms with Gasteiger partial charge in [0, 0.05) is 11.8 Å². The van der Waals surface area contributed by atoms with Gasteiger partial charge in [0.2, 0.25) is 0 Å². The Kier molecular flexibility index (Phi) is 4.60. The van der Waals surface area contributed by atoms with E-state index >= 15 is 0 Å². The maximum atomic E-state index is 3.92. The summed E-state index contributed by atoms with van der Waals surface area (Å²) in [5.41, 5.74) is 0. The van der Waals surface area contributed by atoms with Crippen molar-refractivity contribution < 1.29 is 0 Å². The second-order valence-electron chi connectivity index (χ2n) is 5.64. The quantitative estimate of drug-likeness (QED) is 0.795. The molecule has 3 atom stereocenters. The van der Waals surface area contributed by atoms with E-state index in [0.717, 1.165) is 12.0 Å². The van der Waals surface area contributed by atoms with Crippen LogP contribution in [-0.4, -0.2) is 16.7 Å². The fourth-order valence-electron chi connectivity index (χ4n) is 3.30. The summed E-state index contributed by atoms with van der Waals surface area (Å²) in [6.07, 6.45) is 11.3. The molecular formula is C14H27NS. The van der Waals surface area contributed by atoms with Gasteiger partial charge in [-0.05, 0) is 31.6 Å². The number of nitrogens with one attached hydrogen (secondary N) is 1. The molecule has 1 nitrogen and oxygen atoms in total. The predicted molar refractivity (Wildman–Crippen MR) is 73.9 cm³/mol. The van der Waals surface area contributed by atoms with Crippen LogP contribution in [0.2, 0.25) is 0 Å². The SMILES string of the molecule is CCCC1CCCC2(CC1)NC(CC)CS2. The third kappa shape index (κ3) is 2.95. The maximum absolute atomic E-state index is 3.92. The molecule has 0 bridgehead atoms. The molecule has 94 valence electrons. The second kappa shape index (κ2) is 5.77. The highest BCUT2D eigenvalue weighted by Crippen LogP contribution is 2.43. The van der Waals surface area contributed by atoms with Crippen molar-refractivity contribution in [2.75, 3.05) is 5.75 Å². The van der Waals surface area contributed by atoms with E-state index in [2.05, 4.69) is 30.9 Å². The van der Waals surface area contributed by atoms with Gasteiger partial charge in [-0.15, -0.1) is 11.8 Å². The summed E-state index contributed by atoms with van der Waals surface area (Å²) in [6, 6.07) is 0.785. The van der Waals surface area contributed by atoms with Crippen LogP contribution >= 0.6 is 11.8 Å². The van der Waals surface area contributed by atoms with Crippen molar-refractivity contribution in [3.63, 3.8) is 0 Å². The van der Waals surface area contributed by atoms with Crippen molar-refractivity contribution >= 4 is 11.8 Å². The topological polar surface area (TPSA) is 12.0 Å². The molecule has 0 aromatic carbocycles. The highest BCUT2D eigenvalue weighted by Gasteiger charge is 2.39.